The summed E-state index contributed by atoms with van der Waals surface area (Å²) in [7, 11) is 0. The number of rotatable bonds is 3. The van der Waals surface area contributed by atoms with Crippen LogP contribution in [-0.4, -0.2) is 66.2 Å². The highest BCUT2D eigenvalue weighted by molar-refractivity contribution is 5.78. The lowest BCUT2D eigenvalue weighted by Gasteiger charge is -2.54. The SMILES string of the molecule is CC(C)(C)OC(=O)N1CCN(CC(=O)NC2C3CC4CC(C3)CC2C4)CC1. The minimum Gasteiger partial charge on any atom is -0.444 e. The second-order valence-electron chi connectivity index (χ2n) is 10.3. The molecule has 5 rings (SSSR count). The van der Waals surface area contributed by atoms with Crippen LogP contribution in [0.15, 0.2) is 0 Å². The van der Waals surface area contributed by atoms with Gasteiger partial charge in [0.25, 0.3) is 0 Å². The van der Waals surface area contributed by atoms with E-state index in [0.29, 0.717) is 37.5 Å². The van der Waals surface area contributed by atoms with Crippen molar-refractivity contribution in [1.82, 2.24) is 15.1 Å². The molecule has 1 aliphatic heterocycles. The molecule has 0 spiro atoms. The molecule has 2 amide bonds. The van der Waals surface area contributed by atoms with Gasteiger partial charge in [-0.1, -0.05) is 0 Å². The Labute approximate surface area is 163 Å². The standard InChI is InChI=1S/C21H35N3O3/c1-21(2,3)27-20(26)24-6-4-23(5-7-24)13-18(25)22-19-16-9-14-8-15(11-16)12-17(19)10-14/h14-17,19H,4-13H2,1-3H3,(H,22,25). The Hall–Kier alpha value is -1.30. The van der Waals surface area contributed by atoms with E-state index in [-0.39, 0.29) is 12.0 Å². The number of piperazine rings is 1. The Kier molecular flexibility index (Phi) is 5.12. The van der Waals surface area contributed by atoms with Crippen LogP contribution in [0.3, 0.4) is 0 Å². The molecule has 6 heteroatoms. The number of amides is 2. The molecule has 0 aromatic rings. The summed E-state index contributed by atoms with van der Waals surface area (Å²) < 4.78 is 5.44. The van der Waals surface area contributed by atoms with Crippen molar-refractivity contribution in [2.24, 2.45) is 23.7 Å². The maximum absolute atomic E-state index is 12.6. The summed E-state index contributed by atoms with van der Waals surface area (Å²) in [6, 6.07) is 0.411. The second kappa shape index (κ2) is 7.26. The number of carbonyl (C=O) groups excluding carboxylic acids is 2. The highest BCUT2D eigenvalue weighted by Gasteiger charge is 2.48. The molecule has 1 heterocycles. The number of nitrogens with zero attached hydrogens (tertiary/aromatic N) is 2. The summed E-state index contributed by atoms with van der Waals surface area (Å²) in [5.74, 6) is 3.46. The summed E-state index contributed by atoms with van der Waals surface area (Å²) in [6.07, 6.45) is 6.49. The van der Waals surface area contributed by atoms with Gasteiger partial charge in [0.05, 0.1) is 6.54 Å². The fourth-order valence-electron chi connectivity index (χ4n) is 6.01. The molecule has 4 bridgehead atoms. The Morgan fingerprint density at radius 2 is 1.48 bits per heavy atom. The maximum atomic E-state index is 12.6. The zero-order valence-electron chi connectivity index (χ0n) is 17.1. The van der Waals surface area contributed by atoms with Crippen LogP contribution in [0.1, 0.15) is 52.9 Å². The van der Waals surface area contributed by atoms with Crippen LogP contribution in [0.25, 0.3) is 0 Å². The summed E-state index contributed by atoms with van der Waals surface area (Å²) in [5.41, 5.74) is -0.466. The molecule has 152 valence electrons. The smallest absolute Gasteiger partial charge is 0.410 e. The number of hydrogen-bond acceptors (Lipinski definition) is 4. The number of nitrogens with one attached hydrogen (secondary N) is 1. The molecule has 0 atom stereocenters. The van der Waals surface area contributed by atoms with Crippen molar-refractivity contribution in [2.45, 2.75) is 64.5 Å². The van der Waals surface area contributed by atoms with Crippen molar-refractivity contribution in [1.29, 1.82) is 0 Å². The van der Waals surface area contributed by atoms with Crippen molar-refractivity contribution in [2.75, 3.05) is 32.7 Å². The summed E-state index contributed by atoms with van der Waals surface area (Å²) in [5, 5.41) is 3.39. The molecule has 4 saturated carbocycles. The van der Waals surface area contributed by atoms with Gasteiger partial charge in [0, 0.05) is 32.2 Å². The van der Waals surface area contributed by atoms with Crippen molar-refractivity contribution >= 4 is 12.0 Å². The van der Waals surface area contributed by atoms with E-state index in [0.717, 1.165) is 24.9 Å². The van der Waals surface area contributed by atoms with Crippen LogP contribution in [0.5, 0.6) is 0 Å². The molecule has 5 fully saturated rings. The highest BCUT2D eigenvalue weighted by Crippen LogP contribution is 2.53. The maximum Gasteiger partial charge on any atom is 0.410 e. The van der Waals surface area contributed by atoms with Gasteiger partial charge in [-0.15, -0.1) is 0 Å². The fraction of sp³-hybridized carbons (Fsp3) is 0.905. The minimum atomic E-state index is -0.466. The number of carbonyl (C=O) groups is 2. The topological polar surface area (TPSA) is 61.9 Å². The van der Waals surface area contributed by atoms with Crippen LogP contribution >= 0.6 is 0 Å². The van der Waals surface area contributed by atoms with E-state index in [1.165, 1.54) is 32.1 Å². The molecule has 0 aromatic heterocycles. The van der Waals surface area contributed by atoms with Gasteiger partial charge in [0.2, 0.25) is 5.91 Å². The van der Waals surface area contributed by atoms with Gasteiger partial charge in [-0.05, 0) is 76.5 Å². The minimum absolute atomic E-state index is 0.165. The normalized spacial score (nSPS) is 36.0. The van der Waals surface area contributed by atoms with Gasteiger partial charge in [-0.2, -0.15) is 0 Å². The van der Waals surface area contributed by atoms with Gasteiger partial charge < -0.3 is 15.0 Å². The predicted octanol–water partition coefficient (Wildman–Crippen LogP) is 2.48. The lowest BCUT2D eigenvalue weighted by atomic mass is 9.54. The first-order chi connectivity index (χ1) is 12.8. The third-order valence-electron chi connectivity index (χ3n) is 6.95. The first kappa shape index (κ1) is 19.0. The molecule has 1 N–H and O–H groups in total. The van der Waals surface area contributed by atoms with Crippen LogP contribution in [0.2, 0.25) is 0 Å². The Balaban J connectivity index is 1.22. The molecule has 1 saturated heterocycles. The van der Waals surface area contributed by atoms with E-state index in [2.05, 4.69) is 10.2 Å². The van der Waals surface area contributed by atoms with Crippen LogP contribution in [0, 0.1) is 23.7 Å². The van der Waals surface area contributed by atoms with E-state index in [1.807, 2.05) is 20.8 Å². The Morgan fingerprint density at radius 1 is 0.926 bits per heavy atom. The van der Waals surface area contributed by atoms with Crippen LogP contribution < -0.4 is 5.32 Å². The average Bonchev–Trinajstić information content (AvgIpc) is 2.56. The molecule has 5 aliphatic rings. The summed E-state index contributed by atoms with van der Waals surface area (Å²) in [6.45, 7) is 8.81. The molecular formula is C21H35N3O3. The van der Waals surface area contributed by atoms with Gasteiger partial charge in [-0.3, -0.25) is 9.69 Å². The highest BCUT2D eigenvalue weighted by atomic mass is 16.6. The number of hydrogen-bond donors (Lipinski definition) is 1. The van der Waals surface area contributed by atoms with E-state index in [4.69, 9.17) is 4.74 Å². The summed E-state index contributed by atoms with van der Waals surface area (Å²) >= 11 is 0. The van der Waals surface area contributed by atoms with E-state index < -0.39 is 5.60 Å². The van der Waals surface area contributed by atoms with E-state index >= 15 is 0 Å². The number of ether oxygens (including phenoxy) is 1. The van der Waals surface area contributed by atoms with Crippen molar-refractivity contribution < 1.29 is 14.3 Å². The zero-order valence-corrected chi connectivity index (χ0v) is 17.1. The first-order valence-electron chi connectivity index (χ1n) is 10.8. The zero-order chi connectivity index (χ0) is 19.2. The third-order valence-corrected chi connectivity index (χ3v) is 6.95. The molecule has 27 heavy (non-hydrogen) atoms. The Bertz CT molecular complexity index is 550. The monoisotopic (exact) mass is 377 g/mol. The van der Waals surface area contributed by atoms with Crippen molar-refractivity contribution in [3.8, 4) is 0 Å². The first-order valence-corrected chi connectivity index (χ1v) is 10.8. The summed E-state index contributed by atoms with van der Waals surface area (Å²) in [4.78, 5) is 28.7. The molecule has 0 radical (unpaired) electrons. The average molecular weight is 378 g/mol. The van der Waals surface area contributed by atoms with Crippen molar-refractivity contribution in [3.05, 3.63) is 0 Å². The van der Waals surface area contributed by atoms with Crippen LogP contribution in [-0.2, 0) is 9.53 Å². The molecule has 4 aliphatic carbocycles. The lowest BCUT2D eigenvalue weighted by Crippen LogP contribution is -2.58. The quantitative estimate of drug-likeness (QED) is 0.821. The fourth-order valence-corrected chi connectivity index (χ4v) is 6.01. The van der Waals surface area contributed by atoms with Crippen LogP contribution in [0.4, 0.5) is 4.79 Å². The van der Waals surface area contributed by atoms with Gasteiger partial charge in [0.15, 0.2) is 0 Å². The van der Waals surface area contributed by atoms with Gasteiger partial charge in [0.1, 0.15) is 5.60 Å². The molecule has 6 nitrogen and oxygen atoms in total. The largest absolute Gasteiger partial charge is 0.444 e. The molecule has 0 unspecified atom stereocenters. The van der Waals surface area contributed by atoms with Crippen molar-refractivity contribution in [3.63, 3.8) is 0 Å². The molecular weight excluding hydrogens is 342 g/mol. The Morgan fingerprint density at radius 3 is 2.00 bits per heavy atom. The third kappa shape index (κ3) is 4.41. The second-order valence-corrected chi connectivity index (χ2v) is 10.3. The lowest BCUT2D eigenvalue weighted by molar-refractivity contribution is -0.126. The van der Waals surface area contributed by atoms with E-state index in [1.54, 1.807) is 4.90 Å². The van der Waals surface area contributed by atoms with Gasteiger partial charge in [-0.25, -0.2) is 4.79 Å². The van der Waals surface area contributed by atoms with E-state index in [9.17, 15) is 9.59 Å². The van der Waals surface area contributed by atoms with Gasteiger partial charge >= 0.3 is 6.09 Å². The predicted molar refractivity (Wildman–Crippen MR) is 103 cm³/mol. The molecule has 0 aromatic carbocycles.